The van der Waals surface area contributed by atoms with Gasteiger partial charge in [0.15, 0.2) is 0 Å². The zero-order valence-electron chi connectivity index (χ0n) is 22.3. The highest BCUT2D eigenvalue weighted by Crippen LogP contribution is 2.33. The Kier molecular flexibility index (Phi) is 15.3. The highest BCUT2D eigenvalue weighted by Gasteiger charge is 2.38. The Hall–Kier alpha value is -2.72. The van der Waals surface area contributed by atoms with Crippen LogP contribution in [-0.4, -0.2) is 76.7 Å². The molecule has 0 heterocycles. The van der Waals surface area contributed by atoms with Crippen molar-refractivity contribution in [3.8, 4) is 0 Å². The summed E-state index contributed by atoms with van der Waals surface area (Å²) in [5.41, 5.74) is 0. The number of carbonyl (C=O) groups is 4. The van der Waals surface area contributed by atoms with E-state index in [0.29, 0.717) is 25.7 Å². The molecule has 4 atom stereocenters. The van der Waals surface area contributed by atoms with E-state index >= 15 is 0 Å². The summed E-state index contributed by atoms with van der Waals surface area (Å²) in [6.07, 6.45) is 8.94. The lowest BCUT2D eigenvalue weighted by molar-refractivity contribution is -0.163. The third-order valence-electron chi connectivity index (χ3n) is 6.75. The van der Waals surface area contributed by atoms with E-state index in [2.05, 4.69) is 13.2 Å². The van der Waals surface area contributed by atoms with Gasteiger partial charge in [-0.2, -0.15) is 0 Å². The lowest BCUT2D eigenvalue weighted by Gasteiger charge is -2.28. The second-order valence-corrected chi connectivity index (χ2v) is 9.39. The van der Waals surface area contributed by atoms with Crippen molar-refractivity contribution < 1.29 is 47.6 Å². The summed E-state index contributed by atoms with van der Waals surface area (Å²) in [6, 6.07) is 0. The Balaban J connectivity index is 1.53. The van der Waals surface area contributed by atoms with Crippen molar-refractivity contribution in [1.82, 2.24) is 0 Å². The fraction of sp³-hybridized carbons (Fsp3) is 0.714. The quantitative estimate of drug-likeness (QED) is 0.118. The lowest BCUT2D eigenvalue weighted by atomic mass is 9.79. The number of hydrogen-bond donors (Lipinski definition) is 0. The van der Waals surface area contributed by atoms with Crippen LogP contribution in [0.1, 0.15) is 51.4 Å². The molecule has 0 amide bonds. The lowest BCUT2D eigenvalue weighted by Crippen LogP contribution is -2.35. The summed E-state index contributed by atoms with van der Waals surface area (Å²) in [6.45, 7) is 8.45. The molecule has 2 saturated carbocycles. The summed E-state index contributed by atoms with van der Waals surface area (Å²) >= 11 is 0. The molecule has 0 aliphatic heterocycles. The maximum Gasteiger partial charge on any atom is 0.310 e. The molecule has 2 fully saturated rings. The van der Waals surface area contributed by atoms with Gasteiger partial charge in [0.1, 0.15) is 26.4 Å². The maximum absolute atomic E-state index is 12.5. The van der Waals surface area contributed by atoms with Gasteiger partial charge in [0.25, 0.3) is 0 Å². The van der Waals surface area contributed by atoms with E-state index in [9.17, 15) is 19.2 Å². The van der Waals surface area contributed by atoms with Crippen LogP contribution >= 0.6 is 0 Å². The molecule has 0 N–H and O–H groups in total. The van der Waals surface area contributed by atoms with Gasteiger partial charge in [0.2, 0.25) is 0 Å². The molecule has 4 unspecified atom stereocenters. The highest BCUT2D eigenvalue weighted by molar-refractivity contribution is 5.83. The van der Waals surface area contributed by atoms with Crippen molar-refractivity contribution >= 4 is 23.9 Å². The molecule has 10 heteroatoms. The molecule has 0 radical (unpaired) electrons. The first kappa shape index (κ1) is 31.5. The Morgan fingerprint density at radius 1 is 0.500 bits per heavy atom. The fourth-order valence-electron chi connectivity index (χ4n) is 4.82. The standard InChI is InChI=1S/C28H42O10/c1-3-13-35-25(29)21-9-5-7-11-23(21)27(31)37-19-17-33-15-16-34-18-20-38-28(32)24-12-8-6-10-22(24)26(30)36-14-4-2/h3-4,21-24H,1-2,5-20H2. The third kappa shape index (κ3) is 10.9. The van der Waals surface area contributed by atoms with Gasteiger partial charge < -0.3 is 28.4 Å². The van der Waals surface area contributed by atoms with Crippen molar-refractivity contribution in [2.45, 2.75) is 51.4 Å². The van der Waals surface area contributed by atoms with Crippen molar-refractivity contribution in [2.24, 2.45) is 23.7 Å². The van der Waals surface area contributed by atoms with Crippen molar-refractivity contribution in [3.63, 3.8) is 0 Å². The van der Waals surface area contributed by atoms with Crippen LogP contribution in [-0.2, 0) is 47.6 Å². The zero-order valence-corrected chi connectivity index (χ0v) is 22.3. The molecule has 214 valence electrons. The predicted molar refractivity (Wildman–Crippen MR) is 137 cm³/mol. The van der Waals surface area contributed by atoms with Crippen molar-refractivity contribution in [1.29, 1.82) is 0 Å². The molecule has 0 bridgehead atoms. The first-order chi connectivity index (χ1) is 18.5. The van der Waals surface area contributed by atoms with E-state index in [1.165, 1.54) is 12.2 Å². The number of ether oxygens (including phenoxy) is 6. The molecule has 0 aromatic heterocycles. The van der Waals surface area contributed by atoms with E-state index in [-0.39, 0.29) is 64.8 Å². The molecule has 38 heavy (non-hydrogen) atoms. The SMILES string of the molecule is C=CCOC(=O)C1CCCCC1C(=O)OCCOCCOCCOC(=O)C1CCCCC1C(=O)OCC=C. The minimum absolute atomic E-state index is 0.0825. The molecular weight excluding hydrogens is 496 g/mol. The van der Waals surface area contributed by atoms with Crippen LogP contribution in [0.25, 0.3) is 0 Å². The van der Waals surface area contributed by atoms with E-state index in [4.69, 9.17) is 28.4 Å². The minimum Gasteiger partial charge on any atom is -0.463 e. The Morgan fingerprint density at radius 2 is 0.789 bits per heavy atom. The molecule has 2 aliphatic carbocycles. The average molecular weight is 539 g/mol. The second-order valence-electron chi connectivity index (χ2n) is 9.39. The van der Waals surface area contributed by atoms with Gasteiger partial charge in [0.05, 0.1) is 50.1 Å². The topological polar surface area (TPSA) is 124 Å². The smallest absolute Gasteiger partial charge is 0.310 e. The first-order valence-corrected chi connectivity index (χ1v) is 13.5. The monoisotopic (exact) mass is 538 g/mol. The van der Waals surface area contributed by atoms with Crippen LogP contribution in [0.3, 0.4) is 0 Å². The molecule has 2 rings (SSSR count). The van der Waals surface area contributed by atoms with Gasteiger partial charge in [-0.15, -0.1) is 0 Å². The van der Waals surface area contributed by atoms with Crippen molar-refractivity contribution in [3.05, 3.63) is 25.3 Å². The highest BCUT2D eigenvalue weighted by atomic mass is 16.6. The van der Waals surface area contributed by atoms with Crippen LogP contribution in [0.15, 0.2) is 25.3 Å². The van der Waals surface area contributed by atoms with Crippen LogP contribution < -0.4 is 0 Å². The minimum atomic E-state index is -0.492. The summed E-state index contributed by atoms with van der Waals surface area (Å²) in [5.74, 6) is -3.50. The van der Waals surface area contributed by atoms with Crippen LogP contribution in [0.4, 0.5) is 0 Å². The van der Waals surface area contributed by atoms with Gasteiger partial charge >= 0.3 is 23.9 Å². The summed E-state index contributed by atoms with van der Waals surface area (Å²) < 4.78 is 31.7. The fourth-order valence-corrected chi connectivity index (χ4v) is 4.82. The van der Waals surface area contributed by atoms with E-state index in [1.54, 1.807) is 0 Å². The number of rotatable bonds is 17. The maximum atomic E-state index is 12.5. The Bertz CT molecular complexity index is 716. The largest absolute Gasteiger partial charge is 0.463 e. The predicted octanol–water partition coefficient (Wildman–Crippen LogP) is 3.18. The van der Waals surface area contributed by atoms with Crippen LogP contribution in [0.5, 0.6) is 0 Å². The van der Waals surface area contributed by atoms with Crippen molar-refractivity contribution in [2.75, 3.05) is 52.9 Å². The second kappa shape index (κ2) is 18.5. The first-order valence-electron chi connectivity index (χ1n) is 13.5. The van der Waals surface area contributed by atoms with Gasteiger partial charge in [-0.05, 0) is 25.7 Å². The molecule has 0 aromatic carbocycles. The molecule has 2 aliphatic rings. The van der Waals surface area contributed by atoms with Gasteiger partial charge in [0, 0.05) is 0 Å². The average Bonchev–Trinajstić information content (AvgIpc) is 2.95. The van der Waals surface area contributed by atoms with E-state index < -0.39 is 35.6 Å². The van der Waals surface area contributed by atoms with Gasteiger partial charge in [-0.1, -0.05) is 51.0 Å². The molecule has 0 aromatic rings. The number of esters is 4. The third-order valence-corrected chi connectivity index (χ3v) is 6.75. The zero-order chi connectivity index (χ0) is 27.6. The summed E-state index contributed by atoms with van der Waals surface area (Å²) in [5, 5.41) is 0. The van der Waals surface area contributed by atoms with Crippen LogP contribution in [0, 0.1) is 23.7 Å². The Labute approximate surface area is 225 Å². The van der Waals surface area contributed by atoms with E-state index in [0.717, 1.165) is 25.7 Å². The molecule has 0 saturated heterocycles. The summed E-state index contributed by atoms with van der Waals surface area (Å²) in [4.78, 5) is 49.4. The number of hydrogen-bond acceptors (Lipinski definition) is 10. The molecule has 10 nitrogen and oxygen atoms in total. The summed E-state index contributed by atoms with van der Waals surface area (Å²) in [7, 11) is 0. The Morgan fingerprint density at radius 3 is 1.11 bits per heavy atom. The molecule has 0 spiro atoms. The number of carbonyl (C=O) groups excluding carboxylic acids is 4. The van der Waals surface area contributed by atoms with Crippen LogP contribution in [0.2, 0.25) is 0 Å². The van der Waals surface area contributed by atoms with Gasteiger partial charge in [-0.3, -0.25) is 19.2 Å². The molecular formula is C28H42O10. The normalized spacial score (nSPS) is 23.1. The van der Waals surface area contributed by atoms with Gasteiger partial charge in [-0.25, -0.2) is 0 Å². The van der Waals surface area contributed by atoms with E-state index in [1.807, 2.05) is 0 Å².